The van der Waals surface area contributed by atoms with Crippen molar-refractivity contribution >= 4 is 32.7 Å². The Bertz CT molecular complexity index is 580. The van der Waals surface area contributed by atoms with Crippen molar-refractivity contribution in [2.75, 3.05) is 6.61 Å². The van der Waals surface area contributed by atoms with Crippen molar-refractivity contribution in [1.82, 2.24) is 10.3 Å². The summed E-state index contributed by atoms with van der Waals surface area (Å²) in [7, 11) is 0. The smallest absolute Gasteiger partial charge is 0.267 e. The second-order valence-electron chi connectivity index (χ2n) is 4.51. The number of amides is 1. The third-order valence-corrected chi connectivity index (χ3v) is 3.63. The highest BCUT2D eigenvalue weighted by molar-refractivity contribution is 9.10. The second-order valence-corrected chi connectivity index (χ2v) is 5.42. The lowest BCUT2D eigenvalue weighted by atomic mass is 10.1. The van der Waals surface area contributed by atoms with Gasteiger partial charge in [0.15, 0.2) is 0 Å². The van der Waals surface area contributed by atoms with Crippen molar-refractivity contribution in [3.8, 4) is 0 Å². The molecule has 3 N–H and O–H groups in total. The minimum Gasteiger partial charge on any atom is -0.396 e. The van der Waals surface area contributed by atoms with Crippen LogP contribution in [0.5, 0.6) is 0 Å². The zero-order valence-electron chi connectivity index (χ0n) is 10.7. The van der Waals surface area contributed by atoms with Crippen LogP contribution in [0.15, 0.2) is 28.7 Å². The number of aromatic nitrogens is 1. The molecule has 1 aromatic heterocycles. The molecule has 5 heteroatoms. The van der Waals surface area contributed by atoms with Crippen molar-refractivity contribution in [3.63, 3.8) is 0 Å². The quantitative estimate of drug-likeness (QED) is 0.791. The average molecular weight is 325 g/mol. The van der Waals surface area contributed by atoms with Gasteiger partial charge in [-0.1, -0.05) is 28.9 Å². The van der Waals surface area contributed by atoms with E-state index in [1.165, 1.54) is 0 Å². The van der Waals surface area contributed by atoms with Crippen LogP contribution in [0.3, 0.4) is 0 Å². The Morgan fingerprint density at radius 2 is 2.26 bits per heavy atom. The molecule has 1 aromatic carbocycles. The number of H-pyrrole nitrogens is 1. The van der Waals surface area contributed by atoms with E-state index < -0.39 is 0 Å². The van der Waals surface area contributed by atoms with E-state index in [0.29, 0.717) is 12.1 Å². The molecule has 0 saturated heterocycles. The van der Waals surface area contributed by atoms with Gasteiger partial charge in [-0.05, 0) is 31.0 Å². The van der Waals surface area contributed by atoms with Crippen LogP contribution in [-0.2, 0) is 0 Å². The average Bonchev–Trinajstić information content (AvgIpc) is 2.81. The molecule has 0 fully saturated rings. The molecule has 0 bridgehead atoms. The first-order chi connectivity index (χ1) is 9.13. The molecule has 1 unspecified atom stereocenters. The van der Waals surface area contributed by atoms with Crippen LogP contribution < -0.4 is 5.32 Å². The molecule has 0 aliphatic rings. The molecule has 19 heavy (non-hydrogen) atoms. The summed E-state index contributed by atoms with van der Waals surface area (Å²) in [4.78, 5) is 15.2. The fourth-order valence-corrected chi connectivity index (χ4v) is 2.38. The van der Waals surface area contributed by atoms with Crippen molar-refractivity contribution in [2.45, 2.75) is 25.8 Å². The maximum atomic E-state index is 12.1. The Labute approximate surface area is 120 Å². The molecule has 0 radical (unpaired) electrons. The molecule has 1 heterocycles. The van der Waals surface area contributed by atoms with Gasteiger partial charge in [-0.2, -0.15) is 0 Å². The number of aliphatic hydroxyl groups excluding tert-OH is 1. The van der Waals surface area contributed by atoms with Gasteiger partial charge in [0.1, 0.15) is 5.69 Å². The number of aliphatic hydroxyl groups is 1. The van der Waals surface area contributed by atoms with E-state index in [1.807, 2.05) is 31.2 Å². The fraction of sp³-hybridized carbons (Fsp3) is 0.357. The number of aromatic amines is 1. The maximum absolute atomic E-state index is 12.1. The molecule has 1 amide bonds. The molecule has 0 saturated carbocycles. The number of nitrogens with one attached hydrogen (secondary N) is 2. The van der Waals surface area contributed by atoms with Crippen LogP contribution >= 0.6 is 15.9 Å². The normalized spacial score (nSPS) is 12.6. The van der Waals surface area contributed by atoms with Crippen LogP contribution in [0.4, 0.5) is 0 Å². The maximum Gasteiger partial charge on any atom is 0.267 e. The predicted molar refractivity (Wildman–Crippen MR) is 79.2 cm³/mol. The van der Waals surface area contributed by atoms with Crippen molar-refractivity contribution < 1.29 is 9.90 Å². The Balaban J connectivity index is 2.17. The number of hydrogen-bond donors (Lipinski definition) is 3. The SMILES string of the molecule is CCC(CCO)NC(=O)c1cc2ccc(Br)cc2[nH]1. The lowest BCUT2D eigenvalue weighted by Gasteiger charge is -2.14. The van der Waals surface area contributed by atoms with Crippen LogP contribution in [0.1, 0.15) is 30.3 Å². The van der Waals surface area contributed by atoms with Gasteiger partial charge in [-0.3, -0.25) is 4.79 Å². The van der Waals surface area contributed by atoms with E-state index in [4.69, 9.17) is 5.11 Å². The highest BCUT2D eigenvalue weighted by Crippen LogP contribution is 2.20. The van der Waals surface area contributed by atoms with Gasteiger partial charge < -0.3 is 15.4 Å². The Morgan fingerprint density at radius 1 is 1.47 bits per heavy atom. The largest absolute Gasteiger partial charge is 0.396 e. The zero-order valence-corrected chi connectivity index (χ0v) is 12.3. The fourth-order valence-electron chi connectivity index (χ4n) is 2.02. The molecule has 4 nitrogen and oxygen atoms in total. The van der Waals surface area contributed by atoms with E-state index >= 15 is 0 Å². The van der Waals surface area contributed by atoms with Gasteiger partial charge in [0.05, 0.1) is 0 Å². The van der Waals surface area contributed by atoms with Crippen molar-refractivity contribution in [3.05, 3.63) is 34.4 Å². The van der Waals surface area contributed by atoms with Gasteiger partial charge in [0.25, 0.3) is 5.91 Å². The summed E-state index contributed by atoms with van der Waals surface area (Å²) in [6, 6.07) is 7.69. The summed E-state index contributed by atoms with van der Waals surface area (Å²) < 4.78 is 0.973. The number of fused-ring (bicyclic) bond motifs is 1. The molecule has 1 atom stereocenters. The van der Waals surface area contributed by atoms with Gasteiger partial charge in [0, 0.05) is 28.0 Å². The molecule has 102 valence electrons. The van der Waals surface area contributed by atoms with Crippen LogP contribution in [0.25, 0.3) is 10.9 Å². The topological polar surface area (TPSA) is 65.1 Å². The first-order valence-electron chi connectivity index (χ1n) is 6.34. The summed E-state index contributed by atoms with van der Waals surface area (Å²) in [5.74, 6) is -0.132. The first-order valence-corrected chi connectivity index (χ1v) is 7.13. The highest BCUT2D eigenvalue weighted by Gasteiger charge is 2.13. The van der Waals surface area contributed by atoms with E-state index in [9.17, 15) is 4.79 Å². The second kappa shape index (κ2) is 6.21. The number of halogens is 1. The predicted octanol–water partition coefficient (Wildman–Crippen LogP) is 2.82. The van der Waals surface area contributed by atoms with Crippen molar-refractivity contribution in [1.29, 1.82) is 0 Å². The summed E-state index contributed by atoms with van der Waals surface area (Å²) in [5, 5.41) is 12.9. The summed E-state index contributed by atoms with van der Waals surface area (Å²) in [6.45, 7) is 2.07. The molecule has 0 aliphatic heterocycles. The van der Waals surface area contributed by atoms with Gasteiger partial charge in [-0.25, -0.2) is 0 Å². The van der Waals surface area contributed by atoms with E-state index in [1.54, 1.807) is 0 Å². The number of rotatable bonds is 5. The minimum absolute atomic E-state index is 0.00986. The summed E-state index contributed by atoms with van der Waals surface area (Å²) in [5.41, 5.74) is 1.47. The molecule has 2 rings (SSSR count). The number of carbonyl (C=O) groups excluding carboxylic acids is 1. The number of carbonyl (C=O) groups is 1. The highest BCUT2D eigenvalue weighted by atomic mass is 79.9. The lowest BCUT2D eigenvalue weighted by Crippen LogP contribution is -2.35. The monoisotopic (exact) mass is 324 g/mol. The summed E-state index contributed by atoms with van der Waals surface area (Å²) in [6.07, 6.45) is 1.38. The molecule has 2 aromatic rings. The van der Waals surface area contributed by atoms with Gasteiger partial charge in [0.2, 0.25) is 0 Å². The third kappa shape index (κ3) is 3.36. The van der Waals surface area contributed by atoms with Crippen LogP contribution in [0, 0.1) is 0 Å². The molecular formula is C14H17BrN2O2. The van der Waals surface area contributed by atoms with E-state index in [2.05, 4.69) is 26.2 Å². The Morgan fingerprint density at radius 3 is 2.95 bits per heavy atom. The lowest BCUT2D eigenvalue weighted by molar-refractivity contribution is 0.0925. The van der Waals surface area contributed by atoms with Gasteiger partial charge >= 0.3 is 0 Å². The molecule has 0 aliphatic carbocycles. The molecular weight excluding hydrogens is 308 g/mol. The Hall–Kier alpha value is -1.33. The van der Waals surface area contributed by atoms with Crippen LogP contribution in [-0.4, -0.2) is 28.6 Å². The number of benzene rings is 1. The van der Waals surface area contributed by atoms with Crippen LogP contribution in [0.2, 0.25) is 0 Å². The van der Waals surface area contributed by atoms with E-state index in [-0.39, 0.29) is 18.6 Å². The standard InChI is InChI=1S/C14H17BrN2O2/c1-2-11(5-6-18)16-14(19)13-7-9-3-4-10(15)8-12(9)17-13/h3-4,7-8,11,17-18H,2,5-6H2,1H3,(H,16,19). The molecule has 0 spiro atoms. The first kappa shape index (κ1) is 14.1. The minimum atomic E-state index is -0.132. The van der Waals surface area contributed by atoms with E-state index in [0.717, 1.165) is 21.8 Å². The van der Waals surface area contributed by atoms with Gasteiger partial charge in [-0.15, -0.1) is 0 Å². The number of hydrogen-bond acceptors (Lipinski definition) is 2. The zero-order chi connectivity index (χ0) is 13.8. The van der Waals surface area contributed by atoms with Crippen molar-refractivity contribution in [2.24, 2.45) is 0 Å². The Kier molecular flexibility index (Phi) is 4.61. The third-order valence-electron chi connectivity index (χ3n) is 3.13. The summed E-state index contributed by atoms with van der Waals surface area (Å²) >= 11 is 3.40.